The van der Waals surface area contributed by atoms with Crippen LogP contribution >= 0.6 is 0 Å². The number of anilines is 1. The van der Waals surface area contributed by atoms with E-state index in [0.717, 1.165) is 10.2 Å². The van der Waals surface area contributed by atoms with Crippen LogP contribution < -0.4 is 10.9 Å². The minimum atomic E-state index is -0.403. The van der Waals surface area contributed by atoms with Crippen LogP contribution in [0.2, 0.25) is 0 Å². The van der Waals surface area contributed by atoms with Gasteiger partial charge in [-0.2, -0.15) is 10.1 Å². The standard InChI is InChI=1S/C16H15N5O3/c1-10-17-14(24-20-10)9-11-5-3-4-6-12(11)18-16(23)13-7-8-15(22)21(2)19-13/h3-8H,9H2,1-2H3,(H,18,23). The highest BCUT2D eigenvalue weighted by Crippen LogP contribution is 2.19. The Balaban J connectivity index is 1.83. The summed E-state index contributed by atoms with van der Waals surface area (Å²) in [6.07, 6.45) is 0.401. The number of carbonyl (C=O) groups is 1. The van der Waals surface area contributed by atoms with Gasteiger partial charge in [0, 0.05) is 18.8 Å². The summed E-state index contributed by atoms with van der Waals surface area (Å²) in [5.41, 5.74) is 1.33. The molecule has 122 valence electrons. The number of carbonyl (C=O) groups excluding carboxylic acids is 1. The molecule has 0 spiro atoms. The fraction of sp³-hybridized carbons (Fsp3) is 0.188. The Morgan fingerprint density at radius 3 is 2.75 bits per heavy atom. The molecule has 0 unspecified atom stereocenters. The molecule has 0 aliphatic heterocycles. The van der Waals surface area contributed by atoms with Gasteiger partial charge in [0.05, 0.1) is 6.42 Å². The maximum absolute atomic E-state index is 12.3. The Hall–Kier alpha value is -3.29. The van der Waals surface area contributed by atoms with Crippen LogP contribution in [0.1, 0.15) is 27.8 Å². The van der Waals surface area contributed by atoms with Gasteiger partial charge in [0.15, 0.2) is 5.82 Å². The Kier molecular flexibility index (Phi) is 4.19. The molecule has 0 atom stereocenters. The van der Waals surface area contributed by atoms with E-state index in [9.17, 15) is 9.59 Å². The molecule has 8 heteroatoms. The van der Waals surface area contributed by atoms with E-state index in [-0.39, 0.29) is 11.3 Å². The third-order valence-electron chi connectivity index (χ3n) is 3.37. The van der Waals surface area contributed by atoms with Gasteiger partial charge in [0.2, 0.25) is 5.89 Å². The molecule has 0 saturated carbocycles. The first-order chi connectivity index (χ1) is 11.5. The molecule has 0 bridgehead atoms. The Morgan fingerprint density at radius 1 is 1.25 bits per heavy atom. The van der Waals surface area contributed by atoms with Crippen molar-refractivity contribution in [3.8, 4) is 0 Å². The summed E-state index contributed by atoms with van der Waals surface area (Å²) < 4.78 is 6.23. The summed E-state index contributed by atoms with van der Waals surface area (Å²) >= 11 is 0. The van der Waals surface area contributed by atoms with Crippen LogP contribution in [0, 0.1) is 6.92 Å². The fourth-order valence-electron chi connectivity index (χ4n) is 2.18. The van der Waals surface area contributed by atoms with Crippen LogP contribution in [0.4, 0.5) is 5.69 Å². The zero-order valence-corrected chi connectivity index (χ0v) is 13.2. The largest absolute Gasteiger partial charge is 0.339 e. The number of aromatic nitrogens is 4. The summed E-state index contributed by atoms with van der Waals surface area (Å²) in [7, 11) is 1.49. The quantitative estimate of drug-likeness (QED) is 0.776. The van der Waals surface area contributed by atoms with Crippen molar-refractivity contribution in [1.82, 2.24) is 19.9 Å². The molecule has 1 N–H and O–H groups in total. The number of amides is 1. The van der Waals surface area contributed by atoms with Crippen LogP contribution in [0.25, 0.3) is 0 Å². The number of rotatable bonds is 4. The molecule has 0 fully saturated rings. The first-order valence-corrected chi connectivity index (χ1v) is 7.26. The number of nitrogens with one attached hydrogen (secondary N) is 1. The van der Waals surface area contributed by atoms with Crippen LogP contribution in [0.15, 0.2) is 45.7 Å². The second-order valence-corrected chi connectivity index (χ2v) is 5.20. The maximum Gasteiger partial charge on any atom is 0.276 e. The van der Waals surface area contributed by atoms with E-state index < -0.39 is 5.91 Å². The summed E-state index contributed by atoms with van der Waals surface area (Å²) in [4.78, 5) is 27.9. The van der Waals surface area contributed by atoms with Crippen molar-refractivity contribution in [2.24, 2.45) is 7.05 Å². The smallest absolute Gasteiger partial charge is 0.276 e. The number of hydrogen-bond donors (Lipinski definition) is 1. The summed E-state index contributed by atoms with van der Waals surface area (Å²) in [5.74, 6) is 0.620. The lowest BCUT2D eigenvalue weighted by Crippen LogP contribution is -2.23. The Morgan fingerprint density at radius 2 is 2.04 bits per heavy atom. The van der Waals surface area contributed by atoms with E-state index in [4.69, 9.17) is 4.52 Å². The average molecular weight is 325 g/mol. The van der Waals surface area contributed by atoms with Gasteiger partial charge in [-0.05, 0) is 24.6 Å². The van der Waals surface area contributed by atoms with Crippen molar-refractivity contribution in [3.05, 3.63) is 69.7 Å². The number of hydrogen-bond acceptors (Lipinski definition) is 6. The SMILES string of the molecule is Cc1noc(Cc2ccccc2NC(=O)c2ccc(=O)n(C)n2)n1. The monoisotopic (exact) mass is 325 g/mol. The minimum absolute atomic E-state index is 0.153. The van der Waals surface area contributed by atoms with E-state index in [2.05, 4.69) is 20.6 Å². The van der Waals surface area contributed by atoms with Gasteiger partial charge in [0.25, 0.3) is 11.5 Å². The molecule has 1 amide bonds. The number of para-hydroxylation sites is 1. The molecule has 2 heterocycles. The van der Waals surface area contributed by atoms with Crippen LogP contribution in [0.3, 0.4) is 0 Å². The summed E-state index contributed by atoms with van der Waals surface area (Å²) in [5, 5.41) is 10.5. The van der Waals surface area contributed by atoms with Crippen molar-refractivity contribution in [2.45, 2.75) is 13.3 Å². The van der Waals surface area contributed by atoms with Gasteiger partial charge in [-0.15, -0.1) is 0 Å². The lowest BCUT2D eigenvalue weighted by atomic mass is 10.1. The molecule has 1 aromatic carbocycles. The molecule has 2 aromatic heterocycles. The van der Waals surface area contributed by atoms with Gasteiger partial charge in [-0.25, -0.2) is 4.68 Å². The third-order valence-corrected chi connectivity index (χ3v) is 3.37. The number of aryl methyl sites for hydroxylation is 2. The molecule has 3 rings (SSSR count). The summed E-state index contributed by atoms with van der Waals surface area (Å²) in [6.45, 7) is 1.74. The van der Waals surface area contributed by atoms with Gasteiger partial charge >= 0.3 is 0 Å². The van der Waals surface area contributed by atoms with Crippen molar-refractivity contribution >= 4 is 11.6 Å². The van der Waals surface area contributed by atoms with E-state index in [1.165, 1.54) is 19.2 Å². The number of benzene rings is 1. The zero-order chi connectivity index (χ0) is 17.1. The predicted octanol–water partition coefficient (Wildman–Crippen LogP) is 1.31. The Labute approximate surface area is 137 Å². The highest BCUT2D eigenvalue weighted by molar-refractivity contribution is 6.03. The van der Waals surface area contributed by atoms with Gasteiger partial charge < -0.3 is 9.84 Å². The van der Waals surface area contributed by atoms with Crippen LogP contribution in [-0.2, 0) is 13.5 Å². The second-order valence-electron chi connectivity index (χ2n) is 5.20. The average Bonchev–Trinajstić information content (AvgIpc) is 2.97. The molecule has 8 nitrogen and oxygen atoms in total. The molecular formula is C16H15N5O3. The Bertz CT molecular complexity index is 945. The third kappa shape index (κ3) is 3.37. The predicted molar refractivity (Wildman–Crippen MR) is 85.7 cm³/mol. The highest BCUT2D eigenvalue weighted by Gasteiger charge is 2.13. The molecule has 24 heavy (non-hydrogen) atoms. The molecule has 0 saturated heterocycles. The van der Waals surface area contributed by atoms with Crippen LogP contribution in [-0.4, -0.2) is 25.8 Å². The molecule has 0 radical (unpaired) electrons. The van der Waals surface area contributed by atoms with Crippen molar-refractivity contribution < 1.29 is 9.32 Å². The lowest BCUT2D eigenvalue weighted by Gasteiger charge is -2.09. The molecular weight excluding hydrogens is 310 g/mol. The van der Waals surface area contributed by atoms with Gasteiger partial charge in [-0.3, -0.25) is 9.59 Å². The fourth-order valence-corrected chi connectivity index (χ4v) is 2.18. The first kappa shape index (κ1) is 15.6. The van der Waals surface area contributed by atoms with Crippen molar-refractivity contribution in [1.29, 1.82) is 0 Å². The minimum Gasteiger partial charge on any atom is -0.339 e. The first-order valence-electron chi connectivity index (χ1n) is 7.26. The molecule has 0 aliphatic carbocycles. The molecule has 3 aromatic rings. The lowest BCUT2D eigenvalue weighted by molar-refractivity contribution is 0.102. The van der Waals surface area contributed by atoms with Crippen molar-refractivity contribution in [2.75, 3.05) is 5.32 Å². The van der Waals surface area contributed by atoms with E-state index in [0.29, 0.717) is 23.8 Å². The number of nitrogens with zero attached hydrogens (tertiary/aromatic N) is 4. The zero-order valence-electron chi connectivity index (χ0n) is 13.2. The van der Waals surface area contributed by atoms with Crippen LogP contribution in [0.5, 0.6) is 0 Å². The van der Waals surface area contributed by atoms with Gasteiger partial charge in [0.1, 0.15) is 5.69 Å². The van der Waals surface area contributed by atoms with E-state index in [1.807, 2.05) is 18.2 Å². The van der Waals surface area contributed by atoms with E-state index in [1.54, 1.807) is 13.0 Å². The summed E-state index contributed by atoms with van der Waals surface area (Å²) in [6, 6.07) is 10.0. The topological polar surface area (TPSA) is 103 Å². The van der Waals surface area contributed by atoms with Gasteiger partial charge in [-0.1, -0.05) is 23.4 Å². The normalized spacial score (nSPS) is 10.6. The second kappa shape index (κ2) is 6.45. The van der Waals surface area contributed by atoms with Crippen molar-refractivity contribution in [3.63, 3.8) is 0 Å². The highest BCUT2D eigenvalue weighted by atomic mass is 16.5. The molecule has 0 aliphatic rings. The van der Waals surface area contributed by atoms with E-state index >= 15 is 0 Å². The maximum atomic E-state index is 12.3.